The van der Waals surface area contributed by atoms with Crippen molar-refractivity contribution >= 4 is 11.9 Å². The number of carbonyl (C=O) groups excluding carboxylic acids is 1. The van der Waals surface area contributed by atoms with Gasteiger partial charge < -0.3 is 10.4 Å². The third-order valence-corrected chi connectivity index (χ3v) is 3.73. The van der Waals surface area contributed by atoms with Crippen molar-refractivity contribution in [2.75, 3.05) is 6.54 Å². The molecule has 1 rings (SSSR count). The molecule has 0 saturated heterocycles. The second-order valence-corrected chi connectivity index (χ2v) is 6.11. The van der Waals surface area contributed by atoms with Crippen molar-refractivity contribution in [3.05, 3.63) is 35.4 Å². The number of hydrogen-bond acceptors (Lipinski definition) is 2. The topological polar surface area (TPSA) is 66.4 Å². The number of carbonyl (C=O) groups is 2. The molecule has 1 aromatic carbocycles. The van der Waals surface area contributed by atoms with Crippen LogP contribution in [0.3, 0.4) is 0 Å². The molecule has 116 valence electrons. The number of carboxylic acid groups (broad SMARTS) is 1. The summed E-state index contributed by atoms with van der Waals surface area (Å²) >= 11 is 0. The lowest BCUT2D eigenvalue weighted by Gasteiger charge is -2.23. The van der Waals surface area contributed by atoms with E-state index >= 15 is 0 Å². The zero-order chi connectivity index (χ0) is 15.9. The Balaban J connectivity index is 2.40. The molecule has 0 aromatic heterocycles. The molecular formula is C17H25NO3. The van der Waals surface area contributed by atoms with E-state index in [1.54, 1.807) is 0 Å². The van der Waals surface area contributed by atoms with E-state index in [2.05, 4.69) is 12.2 Å². The van der Waals surface area contributed by atoms with Gasteiger partial charge in [-0.2, -0.15) is 0 Å². The second-order valence-electron chi connectivity index (χ2n) is 6.11. The summed E-state index contributed by atoms with van der Waals surface area (Å²) in [6.45, 7) is 6.69. The number of benzene rings is 1. The summed E-state index contributed by atoms with van der Waals surface area (Å²) in [4.78, 5) is 22.6. The summed E-state index contributed by atoms with van der Waals surface area (Å²) in [5.74, 6) is -0.852. The third kappa shape index (κ3) is 6.43. The highest BCUT2D eigenvalue weighted by Crippen LogP contribution is 2.26. The molecule has 4 heteroatoms. The van der Waals surface area contributed by atoms with Crippen LogP contribution in [0.15, 0.2) is 24.3 Å². The fourth-order valence-electron chi connectivity index (χ4n) is 2.08. The molecule has 0 aliphatic heterocycles. The molecule has 21 heavy (non-hydrogen) atoms. The first-order valence-electron chi connectivity index (χ1n) is 7.43. The Bertz CT molecular complexity index is 477. The number of hydrogen-bond donors (Lipinski definition) is 2. The lowest BCUT2D eigenvalue weighted by atomic mass is 9.84. The van der Waals surface area contributed by atoms with Gasteiger partial charge in [-0.25, -0.2) is 0 Å². The summed E-state index contributed by atoms with van der Waals surface area (Å²) in [6, 6.07) is 7.60. The summed E-state index contributed by atoms with van der Waals surface area (Å²) in [5.41, 5.74) is 1.79. The Morgan fingerprint density at radius 2 is 1.76 bits per heavy atom. The van der Waals surface area contributed by atoms with Crippen LogP contribution in [0.1, 0.15) is 56.0 Å². The minimum Gasteiger partial charge on any atom is -0.481 e. The molecule has 1 amide bonds. The Hall–Kier alpha value is -1.84. The third-order valence-electron chi connectivity index (χ3n) is 3.73. The fraction of sp³-hybridized carbons (Fsp3) is 0.529. The number of aliphatic carboxylic acids is 1. The largest absolute Gasteiger partial charge is 0.481 e. The molecule has 0 unspecified atom stereocenters. The van der Waals surface area contributed by atoms with E-state index in [-0.39, 0.29) is 17.7 Å². The average molecular weight is 291 g/mol. The summed E-state index contributed by atoms with van der Waals surface area (Å²) in [5, 5.41) is 11.6. The molecule has 0 aliphatic rings. The number of amides is 1. The molecular weight excluding hydrogens is 266 g/mol. The number of nitrogens with one attached hydrogen (secondary N) is 1. The molecule has 0 radical (unpaired) electrons. The maximum Gasteiger partial charge on any atom is 0.303 e. The highest BCUT2D eigenvalue weighted by molar-refractivity contribution is 5.94. The lowest BCUT2D eigenvalue weighted by molar-refractivity contribution is -0.137. The monoisotopic (exact) mass is 291 g/mol. The standard InChI is InChI=1S/C17H25NO3/c1-4-13-5-7-14(8-6-13)16(21)18-12-11-17(2,3)10-9-15(19)20/h5-8H,4,9-12H2,1-3H3,(H,18,21)(H,19,20). The van der Waals surface area contributed by atoms with E-state index in [0.29, 0.717) is 18.5 Å². The lowest BCUT2D eigenvalue weighted by Crippen LogP contribution is -2.28. The maximum atomic E-state index is 12.0. The first kappa shape index (κ1) is 17.2. The van der Waals surface area contributed by atoms with Crippen molar-refractivity contribution in [1.82, 2.24) is 5.32 Å². The van der Waals surface area contributed by atoms with Crippen LogP contribution in [0.4, 0.5) is 0 Å². The summed E-state index contributed by atoms with van der Waals surface area (Å²) in [6.07, 6.45) is 2.50. The average Bonchev–Trinajstić information content (AvgIpc) is 2.45. The van der Waals surface area contributed by atoms with E-state index in [9.17, 15) is 9.59 Å². The SMILES string of the molecule is CCc1ccc(C(=O)NCCC(C)(C)CCC(=O)O)cc1. The van der Waals surface area contributed by atoms with Crippen LogP contribution in [0.2, 0.25) is 0 Å². The Kier molecular flexibility index (Phi) is 6.40. The molecule has 0 saturated carbocycles. The number of carboxylic acids is 1. The van der Waals surface area contributed by atoms with Gasteiger partial charge >= 0.3 is 5.97 Å². The van der Waals surface area contributed by atoms with Gasteiger partial charge in [-0.1, -0.05) is 32.9 Å². The van der Waals surface area contributed by atoms with Gasteiger partial charge in [-0.15, -0.1) is 0 Å². The smallest absolute Gasteiger partial charge is 0.303 e. The van der Waals surface area contributed by atoms with Gasteiger partial charge in [0.1, 0.15) is 0 Å². The molecule has 4 nitrogen and oxygen atoms in total. The predicted octanol–water partition coefficient (Wildman–Crippen LogP) is 3.26. The van der Waals surface area contributed by atoms with Gasteiger partial charge in [0.2, 0.25) is 0 Å². The van der Waals surface area contributed by atoms with Gasteiger partial charge in [0, 0.05) is 18.5 Å². The van der Waals surface area contributed by atoms with Crippen LogP contribution in [0.5, 0.6) is 0 Å². The van der Waals surface area contributed by atoms with E-state index in [0.717, 1.165) is 12.8 Å². The minimum absolute atomic E-state index is 0.0771. The molecule has 0 heterocycles. The predicted molar refractivity (Wildman–Crippen MR) is 83.4 cm³/mol. The van der Waals surface area contributed by atoms with Crippen molar-refractivity contribution < 1.29 is 14.7 Å². The van der Waals surface area contributed by atoms with Crippen molar-refractivity contribution in [2.45, 2.75) is 46.5 Å². The molecule has 1 aromatic rings. The van der Waals surface area contributed by atoms with Gasteiger partial charge in [-0.05, 0) is 42.4 Å². The quantitative estimate of drug-likeness (QED) is 0.772. The van der Waals surface area contributed by atoms with Crippen molar-refractivity contribution in [2.24, 2.45) is 5.41 Å². The molecule has 2 N–H and O–H groups in total. The Morgan fingerprint density at radius 1 is 1.14 bits per heavy atom. The minimum atomic E-state index is -0.775. The Morgan fingerprint density at radius 3 is 2.29 bits per heavy atom. The van der Waals surface area contributed by atoms with Gasteiger partial charge in [0.15, 0.2) is 0 Å². The van der Waals surface area contributed by atoms with Crippen molar-refractivity contribution in [1.29, 1.82) is 0 Å². The van der Waals surface area contributed by atoms with E-state index in [1.807, 2.05) is 38.1 Å². The molecule has 0 fully saturated rings. The van der Waals surface area contributed by atoms with Crippen LogP contribution in [-0.2, 0) is 11.2 Å². The molecule has 0 spiro atoms. The second kappa shape index (κ2) is 7.81. The van der Waals surface area contributed by atoms with E-state index < -0.39 is 5.97 Å². The first-order valence-corrected chi connectivity index (χ1v) is 7.43. The van der Waals surface area contributed by atoms with Crippen LogP contribution in [0, 0.1) is 5.41 Å². The van der Waals surface area contributed by atoms with Gasteiger partial charge in [0.25, 0.3) is 5.91 Å². The van der Waals surface area contributed by atoms with Crippen molar-refractivity contribution in [3.8, 4) is 0 Å². The zero-order valence-electron chi connectivity index (χ0n) is 13.1. The normalized spacial score (nSPS) is 11.2. The fourth-order valence-corrected chi connectivity index (χ4v) is 2.08. The van der Waals surface area contributed by atoms with E-state index in [1.165, 1.54) is 5.56 Å². The number of aryl methyl sites for hydroxylation is 1. The summed E-state index contributed by atoms with van der Waals surface area (Å²) in [7, 11) is 0. The van der Waals surface area contributed by atoms with Crippen LogP contribution < -0.4 is 5.32 Å². The number of rotatable bonds is 8. The van der Waals surface area contributed by atoms with E-state index in [4.69, 9.17) is 5.11 Å². The molecule has 0 bridgehead atoms. The molecule has 0 aliphatic carbocycles. The highest BCUT2D eigenvalue weighted by Gasteiger charge is 2.19. The first-order chi connectivity index (χ1) is 9.84. The van der Waals surface area contributed by atoms with Crippen molar-refractivity contribution in [3.63, 3.8) is 0 Å². The van der Waals surface area contributed by atoms with Gasteiger partial charge in [-0.3, -0.25) is 9.59 Å². The van der Waals surface area contributed by atoms with Gasteiger partial charge in [0.05, 0.1) is 0 Å². The van der Waals surface area contributed by atoms with Crippen LogP contribution in [0.25, 0.3) is 0 Å². The Labute approximate surface area is 126 Å². The van der Waals surface area contributed by atoms with Crippen LogP contribution >= 0.6 is 0 Å². The summed E-state index contributed by atoms with van der Waals surface area (Å²) < 4.78 is 0. The molecule has 0 atom stereocenters. The highest BCUT2D eigenvalue weighted by atomic mass is 16.4. The maximum absolute atomic E-state index is 12.0. The zero-order valence-corrected chi connectivity index (χ0v) is 13.1. The van der Waals surface area contributed by atoms with Crippen LogP contribution in [-0.4, -0.2) is 23.5 Å².